The van der Waals surface area contributed by atoms with Crippen LogP contribution in [0.2, 0.25) is 0 Å². The van der Waals surface area contributed by atoms with Crippen molar-refractivity contribution in [1.29, 1.82) is 0 Å². The molecule has 420 valence electrons. The van der Waals surface area contributed by atoms with Gasteiger partial charge in [-0.15, -0.1) is 0 Å². The van der Waals surface area contributed by atoms with Crippen LogP contribution in [0.3, 0.4) is 0 Å². The molecule has 0 aromatic heterocycles. The van der Waals surface area contributed by atoms with E-state index in [2.05, 4.69) is 41.5 Å². The zero-order valence-electron chi connectivity index (χ0n) is 46.2. The van der Waals surface area contributed by atoms with E-state index in [4.69, 9.17) is 69.1 Å². The summed E-state index contributed by atoms with van der Waals surface area (Å²) in [7, 11) is -12.7. The highest BCUT2D eigenvalue weighted by Gasteiger charge is 2.49. The zero-order chi connectivity index (χ0) is 54.7. The first-order valence-corrected chi connectivity index (χ1v) is 32.2. The monoisotopic (exact) mass is 1130 g/mol. The minimum Gasteiger partial charge on any atom is -0.494 e. The molecule has 1 heterocycles. The zero-order valence-corrected chi connectivity index (χ0v) is 48.8. The van der Waals surface area contributed by atoms with Gasteiger partial charge in [0, 0.05) is 0 Å². The summed E-state index contributed by atoms with van der Waals surface area (Å²) in [6, 6.07) is 43.6. The molecule has 0 saturated carbocycles. The maximum absolute atomic E-state index is 7.16. The number of nitrogens with zero attached hydrogens (tertiary/aromatic N) is 3. The maximum atomic E-state index is 7.16. The van der Waals surface area contributed by atoms with Crippen LogP contribution in [0.25, 0.3) is 0 Å². The van der Waals surface area contributed by atoms with E-state index in [1.807, 2.05) is 72.8 Å². The molecule has 0 aliphatic carbocycles. The molecule has 6 aromatic rings. The second kappa shape index (κ2) is 31.3. The predicted molar refractivity (Wildman–Crippen MR) is 313 cm³/mol. The van der Waals surface area contributed by atoms with E-state index >= 15 is 0 Å². The van der Waals surface area contributed by atoms with E-state index < -0.39 is 23.0 Å². The average Bonchev–Trinajstić information content (AvgIpc) is 3.63. The Bertz CT molecular complexity index is 2350. The highest BCUT2D eigenvalue weighted by molar-refractivity contribution is 7.79. The van der Waals surface area contributed by atoms with Crippen molar-refractivity contribution in [3.05, 3.63) is 146 Å². The number of benzene rings is 6. The van der Waals surface area contributed by atoms with Crippen LogP contribution in [0.15, 0.2) is 159 Å². The van der Waals surface area contributed by atoms with Crippen LogP contribution in [0.5, 0.6) is 69.0 Å². The van der Waals surface area contributed by atoms with Crippen molar-refractivity contribution in [1.82, 2.24) is 0 Å². The smallest absolute Gasteiger partial charge is 0.460 e. The molecule has 1 aliphatic rings. The van der Waals surface area contributed by atoms with Gasteiger partial charge < -0.3 is 55.6 Å². The Hall–Kier alpha value is -6.39. The lowest BCUT2D eigenvalue weighted by molar-refractivity contribution is 0.309. The third kappa shape index (κ3) is 18.9. The highest BCUT2D eigenvalue weighted by atomic mass is 31.3. The second-order valence-corrected chi connectivity index (χ2v) is 24.5. The van der Waals surface area contributed by atoms with Crippen molar-refractivity contribution in [3.8, 4) is 69.0 Å². The van der Waals surface area contributed by atoms with Gasteiger partial charge in [0.25, 0.3) is 0 Å². The maximum Gasteiger partial charge on any atom is 0.460 e. The quantitative estimate of drug-likeness (QED) is 0.0272. The van der Waals surface area contributed by atoms with Gasteiger partial charge in [-0.1, -0.05) is 93.6 Å². The predicted octanol–water partition coefficient (Wildman–Crippen LogP) is 19.4. The van der Waals surface area contributed by atoms with Crippen molar-refractivity contribution >= 4 is 23.0 Å². The summed E-state index contributed by atoms with van der Waals surface area (Å²) >= 11 is 0. The van der Waals surface area contributed by atoms with Gasteiger partial charge in [-0.25, -0.2) is 0 Å². The summed E-state index contributed by atoms with van der Waals surface area (Å²) in [5.74, 6) is 6.20. The number of ether oxygens (including phenoxy) is 6. The van der Waals surface area contributed by atoms with Crippen molar-refractivity contribution in [2.45, 2.75) is 119 Å². The van der Waals surface area contributed by atoms with Gasteiger partial charge in [0.1, 0.15) is 69.0 Å². The SMILES string of the molecule is CCCCOc1ccc(OP2(Oc3ccc(OCCCC)cc3)=NP(Oc3ccc(OCCCC)cc3)(Oc3ccc(OCCCC)cc3)=NP(Oc3ccc(OCCCC)cc3)(Oc3ccc(OCCCC)cc3)=N2)cc1. The Labute approximate surface area is 462 Å². The third-order valence-corrected chi connectivity index (χ3v) is 19.7. The first kappa shape index (κ1) is 59.3. The van der Waals surface area contributed by atoms with E-state index in [0.717, 1.165) is 77.0 Å². The van der Waals surface area contributed by atoms with Gasteiger partial charge in [0.15, 0.2) is 0 Å². The molecule has 0 unspecified atom stereocenters. The number of rotatable bonds is 36. The first-order chi connectivity index (χ1) is 38.2. The molecule has 0 bridgehead atoms. The van der Waals surface area contributed by atoms with Crippen molar-refractivity contribution in [2.24, 2.45) is 13.5 Å². The first-order valence-electron chi connectivity index (χ1n) is 27.6. The fraction of sp³-hybridized carbons (Fsp3) is 0.400. The van der Waals surface area contributed by atoms with Gasteiger partial charge >= 0.3 is 23.0 Å². The Morgan fingerprint density at radius 2 is 0.346 bits per heavy atom. The van der Waals surface area contributed by atoms with E-state index in [9.17, 15) is 0 Å². The fourth-order valence-corrected chi connectivity index (χ4v) is 16.2. The molecule has 1 aliphatic heterocycles. The van der Waals surface area contributed by atoms with Crippen molar-refractivity contribution in [3.63, 3.8) is 0 Å². The molecule has 7 rings (SSSR count). The van der Waals surface area contributed by atoms with Gasteiger partial charge in [-0.05, 0) is 184 Å². The molecule has 15 nitrogen and oxygen atoms in total. The van der Waals surface area contributed by atoms with Crippen molar-refractivity contribution in [2.75, 3.05) is 39.6 Å². The normalized spacial score (nSPS) is 13.8. The summed E-state index contributed by atoms with van der Waals surface area (Å²) in [6.07, 6.45) is 11.4. The molecule has 0 spiro atoms. The lowest BCUT2D eigenvalue weighted by Gasteiger charge is -2.33. The van der Waals surface area contributed by atoms with Gasteiger partial charge in [0.2, 0.25) is 0 Å². The minimum atomic E-state index is -4.24. The Morgan fingerprint density at radius 1 is 0.218 bits per heavy atom. The summed E-state index contributed by atoms with van der Waals surface area (Å²) in [5, 5.41) is 0. The third-order valence-electron chi connectivity index (χ3n) is 11.6. The Kier molecular flexibility index (Phi) is 23.8. The van der Waals surface area contributed by atoms with Crippen molar-refractivity contribution < 1.29 is 55.6 Å². The molecule has 78 heavy (non-hydrogen) atoms. The standard InChI is InChI=1S/C60H78N3O12P3/c1-7-13-43-64-49-19-31-55(32-20-49)70-76(71-56-33-21-50(22-34-56)65-44-14-8-2)61-77(72-57-35-23-51(24-36-57)66-45-15-9-3,73-58-37-25-52(26-38-58)67-46-16-10-4)63-78(62-76,74-59-39-27-53(28-40-59)68-47-17-11-5)75-60-41-29-54(30-42-60)69-48-18-12-6/h19-42H,7-18,43-48H2,1-6H3. The number of hydrogen-bond acceptors (Lipinski definition) is 15. The van der Waals surface area contributed by atoms with Gasteiger partial charge in [0.05, 0.1) is 39.6 Å². The highest BCUT2D eigenvalue weighted by Crippen LogP contribution is 2.78. The van der Waals surface area contributed by atoms with Crippen LogP contribution in [0.1, 0.15) is 119 Å². The molecule has 0 amide bonds. The molecule has 0 N–H and O–H groups in total. The van der Waals surface area contributed by atoms with E-state index in [1.54, 1.807) is 72.8 Å². The summed E-state index contributed by atoms with van der Waals surface area (Å²) in [5.41, 5.74) is 0. The Morgan fingerprint density at radius 3 is 0.474 bits per heavy atom. The second-order valence-electron chi connectivity index (χ2n) is 18.3. The van der Waals surface area contributed by atoms with E-state index in [1.165, 1.54) is 0 Å². The number of hydrogen-bond donors (Lipinski definition) is 0. The summed E-state index contributed by atoms with van der Waals surface area (Å²) < 4.78 is 95.8. The van der Waals surface area contributed by atoms with E-state index in [0.29, 0.717) is 109 Å². The molecule has 0 radical (unpaired) electrons. The molecular formula is C60H78N3O12P3. The van der Waals surface area contributed by atoms with Gasteiger partial charge in [-0.3, -0.25) is 0 Å². The summed E-state index contributed by atoms with van der Waals surface area (Å²) in [6.45, 7) is 16.2. The van der Waals surface area contributed by atoms with E-state index in [-0.39, 0.29) is 0 Å². The van der Waals surface area contributed by atoms with Crippen LogP contribution in [0.4, 0.5) is 0 Å². The molecule has 18 heteroatoms. The fourth-order valence-electron chi connectivity index (χ4n) is 7.17. The molecule has 0 saturated heterocycles. The lowest BCUT2D eigenvalue weighted by Crippen LogP contribution is -2.11. The number of unbranched alkanes of at least 4 members (excludes halogenated alkanes) is 6. The van der Waals surface area contributed by atoms with Crippen LogP contribution >= 0.6 is 23.0 Å². The van der Waals surface area contributed by atoms with Crippen LogP contribution in [-0.4, -0.2) is 39.6 Å². The molecule has 6 aromatic carbocycles. The van der Waals surface area contributed by atoms with Crippen LogP contribution in [-0.2, 0) is 0 Å². The van der Waals surface area contributed by atoms with Gasteiger partial charge in [-0.2, -0.15) is 0 Å². The minimum absolute atomic E-state index is 0.362. The van der Waals surface area contributed by atoms with Crippen LogP contribution < -0.4 is 55.6 Å². The lowest BCUT2D eigenvalue weighted by atomic mass is 10.3. The topological polar surface area (TPSA) is 148 Å². The largest absolute Gasteiger partial charge is 0.494 e. The summed E-state index contributed by atoms with van der Waals surface area (Å²) in [4.78, 5) is 0. The Balaban J connectivity index is 1.49. The molecular weight excluding hydrogens is 1050 g/mol. The molecule has 0 fully saturated rings. The van der Waals surface area contributed by atoms with Crippen LogP contribution in [0, 0.1) is 0 Å². The molecule has 0 atom stereocenters. The average molecular weight is 1130 g/mol.